The van der Waals surface area contributed by atoms with Crippen LogP contribution >= 0.6 is 0 Å². The SMILES string of the molecule is CCNC(=NCC(C)c1cccc(C)c1)N1CCC(OCC)CC1. The summed E-state index contributed by atoms with van der Waals surface area (Å²) in [5.41, 5.74) is 2.68. The molecule has 2 rings (SSSR count). The van der Waals surface area contributed by atoms with Gasteiger partial charge in [0.1, 0.15) is 0 Å². The van der Waals surface area contributed by atoms with E-state index in [1.54, 1.807) is 0 Å². The van der Waals surface area contributed by atoms with Gasteiger partial charge in [-0.1, -0.05) is 36.8 Å². The van der Waals surface area contributed by atoms with Crippen molar-refractivity contribution in [2.24, 2.45) is 4.99 Å². The number of hydrogen-bond acceptors (Lipinski definition) is 2. The molecule has 0 amide bonds. The molecule has 1 unspecified atom stereocenters. The van der Waals surface area contributed by atoms with Crippen LogP contribution in [0.25, 0.3) is 0 Å². The molecule has 0 spiro atoms. The quantitative estimate of drug-likeness (QED) is 0.639. The van der Waals surface area contributed by atoms with E-state index in [2.05, 4.69) is 62.2 Å². The summed E-state index contributed by atoms with van der Waals surface area (Å²) in [6, 6.07) is 8.75. The molecule has 1 aliphatic rings. The van der Waals surface area contributed by atoms with Crippen LogP contribution in [0.3, 0.4) is 0 Å². The van der Waals surface area contributed by atoms with Gasteiger partial charge in [-0.15, -0.1) is 0 Å². The zero-order valence-electron chi connectivity index (χ0n) is 15.7. The van der Waals surface area contributed by atoms with E-state index in [9.17, 15) is 0 Å². The van der Waals surface area contributed by atoms with Crippen molar-refractivity contribution in [3.8, 4) is 0 Å². The van der Waals surface area contributed by atoms with Gasteiger partial charge in [0, 0.05) is 38.7 Å². The van der Waals surface area contributed by atoms with Crippen LogP contribution in [0, 0.1) is 6.92 Å². The maximum atomic E-state index is 5.75. The first-order valence-electron chi connectivity index (χ1n) is 9.35. The monoisotopic (exact) mass is 331 g/mol. The Morgan fingerprint density at radius 3 is 2.71 bits per heavy atom. The molecule has 0 aromatic heterocycles. The molecule has 4 heteroatoms. The number of nitrogens with zero attached hydrogens (tertiary/aromatic N) is 2. The predicted molar refractivity (Wildman–Crippen MR) is 102 cm³/mol. The van der Waals surface area contributed by atoms with E-state index < -0.39 is 0 Å². The first-order valence-corrected chi connectivity index (χ1v) is 9.35. The van der Waals surface area contributed by atoms with Crippen molar-refractivity contribution in [2.75, 3.05) is 32.8 Å². The van der Waals surface area contributed by atoms with Gasteiger partial charge >= 0.3 is 0 Å². The summed E-state index contributed by atoms with van der Waals surface area (Å²) in [5.74, 6) is 1.48. The fraction of sp³-hybridized carbons (Fsp3) is 0.650. The number of rotatable bonds is 6. The first-order chi connectivity index (χ1) is 11.6. The van der Waals surface area contributed by atoms with E-state index in [0.717, 1.165) is 51.6 Å². The van der Waals surface area contributed by atoms with Crippen molar-refractivity contribution in [3.05, 3.63) is 35.4 Å². The third kappa shape index (κ3) is 5.52. The summed E-state index contributed by atoms with van der Waals surface area (Å²) in [7, 11) is 0. The van der Waals surface area contributed by atoms with Crippen molar-refractivity contribution in [1.29, 1.82) is 0 Å². The van der Waals surface area contributed by atoms with E-state index >= 15 is 0 Å². The van der Waals surface area contributed by atoms with Crippen LogP contribution < -0.4 is 5.32 Å². The Hall–Kier alpha value is -1.55. The molecule has 1 atom stereocenters. The van der Waals surface area contributed by atoms with Crippen molar-refractivity contribution in [2.45, 2.75) is 52.6 Å². The summed E-state index contributed by atoms with van der Waals surface area (Å²) < 4.78 is 5.75. The normalized spacial score (nSPS) is 17.8. The van der Waals surface area contributed by atoms with E-state index in [4.69, 9.17) is 9.73 Å². The van der Waals surface area contributed by atoms with E-state index in [1.807, 2.05) is 0 Å². The third-order valence-corrected chi connectivity index (χ3v) is 4.60. The average molecular weight is 332 g/mol. The molecule has 0 saturated carbocycles. The van der Waals surface area contributed by atoms with E-state index in [-0.39, 0.29) is 0 Å². The summed E-state index contributed by atoms with van der Waals surface area (Å²) in [5, 5.41) is 3.45. The molecule has 1 aliphatic heterocycles. The standard InChI is InChI=1S/C20H33N3O/c1-5-21-20(23-12-10-19(11-13-23)24-6-2)22-15-17(4)18-9-7-8-16(3)14-18/h7-9,14,17,19H,5-6,10-13,15H2,1-4H3,(H,21,22). The second-order valence-corrected chi connectivity index (χ2v) is 6.65. The predicted octanol–water partition coefficient (Wildman–Crippen LogP) is 3.56. The number of likely N-dealkylation sites (tertiary alicyclic amines) is 1. The minimum atomic E-state index is 0.417. The lowest BCUT2D eigenvalue weighted by Crippen LogP contribution is -2.47. The van der Waals surface area contributed by atoms with Crippen LogP contribution in [0.15, 0.2) is 29.3 Å². The Morgan fingerprint density at radius 1 is 1.33 bits per heavy atom. The summed E-state index contributed by atoms with van der Waals surface area (Å²) in [6.07, 6.45) is 2.59. The van der Waals surface area contributed by atoms with Gasteiger partial charge in [-0.25, -0.2) is 0 Å². The van der Waals surface area contributed by atoms with Crippen LogP contribution in [0.2, 0.25) is 0 Å². The number of benzene rings is 1. The summed E-state index contributed by atoms with van der Waals surface area (Å²) in [6.45, 7) is 13.2. The molecule has 1 saturated heterocycles. The molecular formula is C20H33N3O. The van der Waals surface area contributed by atoms with Crippen LogP contribution in [0.5, 0.6) is 0 Å². The smallest absolute Gasteiger partial charge is 0.193 e. The lowest BCUT2D eigenvalue weighted by Gasteiger charge is -2.34. The summed E-state index contributed by atoms with van der Waals surface area (Å²) in [4.78, 5) is 7.28. The van der Waals surface area contributed by atoms with Gasteiger partial charge in [0.2, 0.25) is 0 Å². The van der Waals surface area contributed by atoms with E-state index in [1.165, 1.54) is 11.1 Å². The number of guanidine groups is 1. The largest absolute Gasteiger partial charge is 0.378 e. The molecule has 1 aromatic carbocycles. The van der Waals surface area contributed by atoms with Crippen molar-refractivity contribution in [3.63, 3.8) is 0 Å². The second-order valence-electron chi connectivity index (χ2n) is 6.65. The number of ether oxygens (including phenoxy) is 1. The number of hydrogen-bond donors (Lipinski definition) is 1. The molecule has 0 aliphatic carbocycles. The second kappa shape index (κ2) is 9.67. The lowest BCUT2D eigenvalue weighted by atomic mass is 10.00. The Bertz CT molecular complexity index is 521. The highest BCUT2D eigenvalue weighted by atomic mass is 16.5. The van der Waals surface area contributed by atoms with Crippen LogP contribution in [0.1, 0.15) is 50.7 Å². The van der Waals surface area contributed by atoms with Gasteiger partial charge in [0.15, 0.2) is 5.96 Å². The first kappa shape index (κ1) is 18.8. The zero-order chi connectivity index (χ0) is 17.4. The third-order valence-electron chi connectivity index (χ3n) is 4.60. The van der Waals surface area contributed by atoms with Gasteiger partial charge in [-0.05, 0) is 39.2 Å². The highest BCUT2D eigenvalue weighted by Gasteiger charge is 2.21. The van der Waals surface area contributed by atoms with Gasteiger partial charge in [-0.3, -0.25) is 4.99 Å². The minimum absolute atomic E-state index is 0.417. The molecule has 4 nitrogen and oxygen atoms in total. The molecule has 1 heterocycles. The Morgan fingerprint density at radius 2 is 2.08 bits per heavy atom. The number of piperidine rings is 1. The van der Waals surface area contributed by atoms with Crippen molar-refractivity contribution in [1.82, 2.24) is 10.2 Å². The zero-order valence-corrected chi connectivity index (χ0v) is 15.7. The fourth-order valence-electron chi connectivity index (χ4n) is 3.20. The molecular weight excluding hydrogens is 298 g/mol. The molecule has 1 aromatic rings. The van der Waals surface area contributed by atoms with Crippen molar-refractivity contribution < 1.29 is 4.74 Å². The topological polar surface area (TPSA) is 36.9 Å². The molecule has 1 N–H and O–H groups in total. The Labute approximate surface area is 147 Å². The summed E-state index contributed by atoms with van der Waals surface area (Å²) >= 11 is 0. The van der Waals surface area contributed by atoms with Crippen molar-refractivity contribution >= 4 is 5.96 Å². The highest BCUT2D eigenvalue weighted by Crippen LogP contribution is 2.18. The molecule has 0 radical (unpaired) electrons. The van der Waals surface area contributed by atoms with Gasteiger partial charge < -0.3 is 15.0 Å². The van der Waals surface area contributed by atoms with Crippen LogP contribution in [-0.2, 0) is 4.74 Å². The fourth-order valence-corrected chi connectivity index (χ4v) is 3.20. The molecule has 1 fully saturated rings. The van der Waals surface area contributed by atoms with Gasteiger partial charge in [0.25, 0.3) is 0 Å². The highest BCUT2D eigenvalue weighted by molar-refractivity contribution is 5.80. The van der Waals surface area contributed by atoms with Gasteiger partial charge in [0.05, 0.1) is 6.10 Å². The number of aliphatic imine (C=N–C) groups is 1. The average Bonchev–Trinajstić information content (AvgIpc) is 2.59. The lowest BCUT2D eigenvalue weighted by molar-refractivity contribution is 0.0264. The maximum absolute atomic E-state index is 5.75. The molecule has 0 bridgehead atoms. The maximum Gasteiger partial charge on any atom is 0.193 e. The Balaban J connectivity index is 1.95. The number of nitrogens with one attached hydrogen (secondary N) is 1. The van der Waals surface area contributed by atoms with E-state index in [0.29, 0.717) is 12.0 Å². The number of aryl methyl sites for hydroxylation is 1. The Kier molecular flexibility index (Phi) is 7.57. The van der Waals surface area contributed by atoms with Crippen LogP contribution in [0.4, 0.5) is 0 Å². The molecule has 134 valence electrons. The van der Waals surface area contributed by atoms with Gasteiger partial charge in [-0.2, -0.15) is 0 Å². The minimum Gasteiger partial charge on any atom is -0.378 e. The van der Waals surface area contributed by atoms with Crippen LogP contribution in [-0.4, -0.2) is 49.7 Å². The molecule has 24 heavy (non-hydrogen) atoms.